The number of nitrogens with zero attached hydrogens (tertiary/aromatic N) is 1. The minimum absolute atomic E-state index is 0.605. The van der Waals surface area contributed by atoms with E-state index in [1.807, 2.05) is 12.1 Å². The lowest BCUT2D eigenvalue weighted by atomic mass is 9.98. The van der Waals surface area contributed by atoms with Gasteiger partial charge in [0.15, 0.2) is 0 Å². The van der Waals surface area contributed by atoms with Gasteiger partial charge in [0.05, 0.1) is 6.07 Å². The van der Waals surface area contributed by atoms with Gasteiger partial charge in [0.1, 0.15) is 0 Å². The Bertz CT molecular complexity index is 282. The summed E-state index contributed by atoms with van der Waals surface area (Å²) in [4.78, 5) is 0. The number of hydrogen-bond donors (Lipinski definition) is 0. The highest BCUT2D eigenvalue weighted by Gasteiger charge is 2.00. The van der Waals surface area contributed by atoms with Crippen LogP contribution in [0.3, 0.4) is 0 Å². The van der Waals surface area contributed by atoms with Crippen molar-refractivity contribution in [2.24, 2.45) is 0 Å². The van der Waals surface area contributed by atoms with Gasteiger partial charge in [-0.15, -0.1) is 6.58 Å². The van der Waals surface area contributed by atoms with E-state index in [2.05, 4.69) is 37.8 Å². The number of allylic oxidation sites excluding steroid dienone is 1. The predicted octanol–water partition coefficient (Wildman–Crippen LogP) is 3.90. The van der Waals surface area contributed by atoms with Gasteiger partial charge < -0.3 is 0 Å². The second-order valence-electron chi connectivity index (χ2n) is 3.06. The van der Waals surface area contributed by atoms with Gasteiger partial charge in [0.2, 0.25) is 0 Å². The summed E-state index contributed by atoms with van der Waals surface area (Å²) in [5.41, 5.74) is 1.40. The van der Waals surface area contributed by atoms with Crippen LogP contribution in [-0.2, 0) is 0 Å². The van der Waals surface area contributed by atoms with Gasteiger partial charge in [-0.1, -0.05) is 43.3 Å². The Balaban J connectivity index is 0.000000500. The highest BCUT2D eigenvalue weighted by Crippen LogP contribution is 2.17. The van der Waals surface area contributed by atoms with E-state index in [9.17, 15) is 0 Å². The molecule has 0 aliphatic carbocycles. The zero-order valence-corrected chi connectivity index (χ0v) is 8.90. The van der Waals surface area contributed by atoms with E-state index >= 15 is 0 Å². The van der Waals surface area contributed by atoms with Gasteiger partial charge in [-0.3, -0.25) is 0 Å². The molecule has 0 N–H and O–H groups in total. The van der Waals surface area contributed by atoms with Crippen LogP contribution in [-0.4, -0.2) is 0 Å². The zero-order chi connectivity index (χ0) is 10.8. The monoisotopic (exact) mass is 187 g/mol. The fourth-order valence-electron chi connectivity index (χ4n) is 1.17. The van der Waals surface area contributed by atoms with Crippen molar-refractivity contribution in [2.45, 2.75) is 26.2 Å². The molecular formula is C13H17N. The molecule has 0 saturated heterocycles. The lowest BCUT2D eigenvalue weighted by molar-refractivity contribution is 0.782. The Morgan fingerprint density at radius 3 is 2.36 bits per heavy atom. The van der Waals surface area contributed by atoms with Crippen molar-refractivity contribution < 1.29 is 0 Å². The minimum Gasteiger partial charge on any atom is -0.199 e. The summed E-state index contributed by atoms with van der Waals surface area (Å²) in [6, 6.07) is 12.3. The second-order valence-corrected chi connectivity index (χ2v) is 3.06. The number of benzene rings is 1. The van der Waals surface area contributed by atoms with E-state index in [-0.39, 0.29) is 0 Å². The third kappa shape index (κ3) is 5.16. The van der Waals surface area contributed by atoms with Crippen LogP contribution >= 0.6 is 0 Å². The molecule has 0 amide bonds. The summed E-state index contributed by atoms with van der Waals surface area (Å²) in [5, 5.41) is 7.32. The molecule has 1 heteroatoms. The van der Waals surface area contributed by atoms with Gasteiger partial charge in [-0.05, 0) is 17.9 Å². The molecule has 0 spiro atoms. The average molecular weight is 187 g/mol. The van der Waals surface area contributed by atoms with Crippen molar-refractivity contribution in [3.8, 4) is 6.07 Å². The van der Waals surface area contributed by atoms with Gasteiger partial charge >= 0.3 is 0 Å². The number of nitriles is 1. The summed E-state index contributed by atoms with van der Waals surface area (Å²) >= 11 is 0. The first-order chi connectivity index (χ1) is 6.76. The lowest BCUT2D eigenvalue weighted by Crippen LogP contribution is -1.89. The van der Waals surface area contributed by atoms with Crippen molar-refractivity contribution in [2.75, 3.05) is 0 Å². The van der Waals surface area contributed by atoms with Gasteiger partial charge in [0, 0.05) is 6.92 Å². The number of rotatable bonds is 3. The molecule has 0 saturated carbocycles. The Morgan fingerprint density at radius 1 is 1.43 bits per heavy atom. The molecular weight excluding hydrogens is 170 g/mol. The molecule has 14 heavy (non-hydrogen) atoms. The van der Waals surface area contributed by atoms with Crippen molar-refractivity contribution in [3.63, 3.8) is 0 Å². The van der Waals surface area contributed by atoms with E-state index in [1.165, 1.54) is 12.5 Å². The largest absolute Gasteiger partial charge is 0.199 e. The second kappa shape index (κ2) is 8.07. The maximum Gasteiger partial charge on any atom is 0.0587 e. The van der Waals surface area contributed by atoms with Crippen LogP contribution < -0.4 is 0 Å². The Hall–Kier alpha value is -1.55. The molecule has 74 valence electrons. The molecule has 1 rings (SSSR count). The lowest BCUT2D eigenvalue weighted by Gasteiger charge is -2.07. The van der Waals surface area contributed by atoms with Crippen LogP contribution in [0.25, 0.3) is 0 Å². The first-order valence-corrected chi connectivity index (χ1v) is 4.73. The molecule has 0 aliphatic rings. The summed E-state index contributed by atoms with van der Waals surface area (Å²) in [7, 11) is 0. The molecule has 1 unspecified atom stereocenters. The first kappa shape index (κ1) is 12.4. The summed E-state index contributed by atoms with van der Waals surface area (Å²) < 4.78 is 0. The van der Waals surface area contributed by atoms with E-state index < -0.39 is 0 Å². The third-order valence-electron chi connectivity index (χ3n) is 1.89. The van der Waals surface area contributed by atoms with Crippen molar-refractivity contribution in [3.05, 3.63) is 48.6 Å². The minimum atomic E-state index is 0.605. The van der Waals surface area contributed by atoms with E-state index in [4.69, 9.17) is 5.26 Å². The molecule has 1 nitrogen and oxygen atoms in total. The molecule has 0 bridgehead atoms. The quantitative estimate of drug-likeness (QED) is 0.658. The maximum absolute atomic E-state index is 7.32. The van der Waals surface area contributed by atoms with E-state index in [0.717, 1.165) is 6.42 Å². The Labute approximate surface area is 86.7 Å². The molecule has 1 aromatic rings. The van der Waals surface area contributed by atoms with Crippen LogP contribution in [0.1, 0.15) is 31.7 Å². The molecule has 0 aromatic heterocycles. The average Bonchev–Trinajstić information content (AvgIpc) is 2.21. The fourth-order valence-corrected chi connectivity index (χ4v) is 1.17. The standard InChI is InChI=1S/C11H14.C2H3N/c1-3-7-10(2)11-8-5-4-6-9-11;1-2-3/h3-6,8-10H,1,7H2,2H3;1H3. The first-order valence-electron chi connectivity index (χ1n) is 4.73. The molecule has 0 radical (unpaired) electrons. The molecule has 0 aliphatic heterocycles. The molecule has 0 heterocycles. The molecule has 1 aromatic carbocycles. The maximum atomic E-state index is 7.32. The van der Waals surface area contributed by atoms with Crippen LogP contribution in [0, 0.1) is 11.3 Å². The molecule has 0 fully saturated rings. The number of hydrogen-bond acceptors (Lipinski definition) is 1. The van der Waals surface area contributed by atoms with Gasteiger partial charge in [-0.2, -0.15) is 5.26 Å². The topological polar surface area (TPSA) is 23.8 Å². The van der Waals surface area contributed by atoms with E-state index in [1.54, 1.807) is 6.07 Å². The smallest absolute Gasteiger partial charge is 0.0587 e. The Morgan fingerprint density at radius 2 is 1.93 bits per heavy atom. The zero-order valence-electron chi connectivity index (χ0n) is 8.90. The fraction of sp³-hybridized carbons (Fsp3) is 0.308. The normalized spacial score (nSPS) is 10.4. The van der Waals surface area contributed by atoms with Crippen LogP contribution in [0.15, 0.2) is 43.0 Å². The SMILES string of the molecule is C=CCC(C)c1ccccc1.CC#N. The van der Waals surface area contributed by atoms with Crippen LogP contribution in [0.4, 0.5) is 0 Å². The highest BCUT2D eigenvalue weighted by molar-refractivity contribution is 5.19. The van der Waals surface area contributed by atoms with Crippen molar-refractivity contribution in [1.82, 2.24) is 0 Å². The van der Waals surface area contributed by atoms with Crippen LogP contribution in [0.5, 0.6) is 0 Å². The van der Waals surface area contributed by atoms with Crippen LogP contribution in [0.2, 0.25) is 0 Å². The van der Waals surface area contributed by atoms with Gasteiger partial charge in [-0.25, -0.2) is 0 Å². The summed E-state index contributed by atoms with van der Waals surface area (Å²) in [6.45, 7) is 7.38. The van der Waals surface area contributed by atoms with Crippen molar-refractivity contribution in [1.29, 1.82) is 5.26 Å². The predicted molar refractivity (Wildman–Crippen MR) is 61.0 cm³/mol. The van der Waals surface area contributed by atoms with Gasteiger partial charge in [0.25, 0.3) is 0 Å². The van der Waals surface area contributed by atoms with E-state index in [0.29, 0.717) is 5.92 Å². The highest BCUT2D eigenvalue weighted by atomic mass is 14.2. The Kier molecular flexibility index (Phi) is 7.17. The molecule has 1 atom stereocenters. The summed E-state index contributed by atoms with van der Waals surface area (Å²) in [5.74, 6) is 0.605. The summed E-state index contributed by atoms with van der Waals surface area (Å²) in [6.07, 6.45) is 3.03. The van der Waals surface area contributed by atoms with Crippen molar-refractivity contribution >= 4 is 0 Å². The third-order valence-corrected chi connectivity index (χ3v) is 1.89.